The van der Waals surface area contributed by atoms with Crippen molar-refractivity contribution in [3.8, 4) is 0 Å². The first-order chi connectivity index (χ1) is 9.87. The third-order valence-corrected chi connectivity index (χ3v) is 5.66. The molecule has 0 aromatic heterocycles. The van der Waals surface area contributed by atoms with E-state index in [-0.39, 0.29) is 5.75 Å². The molecule has 1 aromatic rings. The Hall–Kier alpha value is -1.07. The van der Waals surface area contributed by atoms with Gasteiger partial charge in [-0.3, -0.25) is 0 Å². The molecule has 1 aliphatic heterocycles. The van der Waals surface area contributed by atoms with Crippen molar-refractivity contribution in [3.05, 3.63) is 29.3 Å². The number of sulfone groups is 1. The van der Waals surface area contributed by atoms with E-state index in [1.807, 2.05) is 0 Å². The largest absolute Gasteiger partial charge is 0.370 e. The summed E-state index contributed by atoms with van der Waals surface area (Å²) in [7, 11) is -2.85. The molecule has 0 spiro atoms. The molecule has 0 unspecified atom stereocenters. The first kappa shape index (κ1) is 16.3. The minimum absolute atomic E-state index is 0.267. The average molecular weight is 310 g/mol. The van der Waals surface area contributed by atoms with Gasteiger partial charge in [-0.2, -0.15) is 0 Å². The molecule has 4 nitrogen and oxygen atoms in total. The van der Waals surface area contributed by atoms with Gasteiger partial charge in [0.15, 0.2) is 9.84 Å². The highest BCUT2D eigenvalue weighted by atomic mass is 32.2. The molecule has 0 atom stereocenters. The molecule has 0 bridgehead atoms. The predicted octanol–water partition coefficient (Wildman–Crippen LogP) is 2.12. The first-order valence-corrected chi connectivity index (χ1v) is 9.48. The summed E-state index contributed by atoms with van der Waals surface area (Å²) in [6, 6.07) is 6.91. The zero-order valence-electron chi connectivity index (χ0n) is 13.2. The first-order valence-electron chi connectivity index (χ1n) is 7.66. The minimum atomic E-state index is -2.85. The molecule has 0 radical (unpaired) electrons. The molecule has 2 rings (SSSR count). The molecule has 0 aliphatic carbocycles. The van der Waals surface area contributed by atoms with Gasteiger partial charge in [-0.1, -0.05) is 19.9 Å². The number of nitrogens with one attached hydrogen (secondary N) is 1. The maximum Gasteiger partial charge on any atom is 0.152 e. The highest BCUT2D eigenvalue weighted by Crippen LogP contribution is 2.21. The molecule has 21 heavy (non-hydrogen) atoms. The summed E-state index contributed by atoms with van der Waals surface area (Å²) in [6.45, 7) is 8.70. The molecule has 1 saturated heterocycles. The fourth-order valence-corrected chi connectivity index (χ4v) is 3.86. The molecule has 1 aliphatic rings. The Labute approximate surface area is 128 Å². The van der Waals surface area contributed by atoms with E-state index < -0.39 is 9.84 Å². The lowest BCUT2D eigenvalue weighted by Gasteiger charge is -2.23. The van der Waals surface area contributed by atoms with Crippen LogP contribution in [0.15, 0.2) is 18.2 Å². The highest BCUT2D eigenvalue weighted by molar-refractivity contribution is 7.91. The van der Waals surface area contributed by atoms with Gasteiger partial charge >= 0.3 is 0 Å². The lowest BCUT2D eigenvalue weighted by atomic mass is 10.1. The fourth-order valence-electron chi connectivity index (χ4n) is 2.59. The maximum absolute atomic E-state index is 11.7. The van der Waals surface area contributed by atoms with E-state index in [1.54, 1.807) is 0 Å². The standard InChI is InChI=1S/C16H26N2O2S/c1-13(2)17-12-15-5-6-16(11-14(15)3)18-7-4-9-21(19,20)10-8-18/h5-6,11,13,17H,4,7-10,12H2,1-3H3. The van der Waals surface area contributed by atoms with Gasteiger partial charge in [0, 0.05) is 31.4 Å². The van der Waals surface area contributed by atoms with Crippen LogP contribution in [0.1, 0.15) is 31.4 Å². The number of hydrogen-bond donors (Lipinski definition) is 1. The summed E-state index contributed by atoms with van der Waals surface area (Å²) in [5.41, 5.74) is 3.69. The van der Waals surface area contributed by atoms with Crippen molar-refractivity contribution in [2.24, 2.45) is 0 Å². The van der Waals surface area contributed by atoms with Gasteiger partial charge in [0.05, 0.1) is 11.5 Å². The lowest BCUT2D eigenvalue weighted by Crippen LogP contribution is -2.27. The maximum atomic E-state index is 11.7. The van der Waals surface area contributed by atoms with Crippen LogP contribution in [0.25, 0.3) is 0 Å². The molecule has 1 fully saturated rings. The second-order valence-electron chi connectivity index (χ2n) is 6.14. The number of anilines is 1. The minimum Gasteiger partial charge on any atom is -0.370 e. The average Bonchev–Trinajstić information content (AvgIpc) is 2.58. The van der Waals surface area contributed by atoms with E-state index in [9.17, 15) is 8.42 Å². The second kappa shape index (κ2) is 6.79. The zero-order valence-corrected chi connectivity index (χ0v) is 14.0. The van der Waals surface area contributed by atoms with E-state index in [1.165, 1.54) is 11.1 Å². The summed E-state index contributed by atoms with van der Waals surface area (Å²) in [6.07, 6.45) is 0.720. The van der Waals surface area contributed by atoms with E-state index >= 15 is 0 Å². The van der Waals surface area contributed by atoms with Crippen LogP contribution >= 0.6 is 0 Å². The topological polar surface area (TPSA) is 49.4 Å². The molecular weight excluding hydrogens is 284 g/mol. The van der Waals surface area contributed by atoms with Crippen molar-refractivity contribution in [1.82, 2.24) is 5.32 Å². The van der Waals surface area contributed by atoms with Gasteiger partial charge in [0.1, 0.15) is 0 Å². The number of nitrogens with zero attached hydrogens (tertiary/aromatic N) is 1. The Kier molecular flexibility index (Phi) is 5.27. The number of rotatable bonds is 4. The van der Waals surface area contributed by atoms with Crippen molar-refractivity contribution in [2.75, 3.05) is 29.5 Å². The summed E-state index contributed by atoms with van der Waals surface area (Å²) in [5.74, 6) is 0.585. The lowest BCUT2D eigenvalue weighted by molar-refractivity contribution is 0.587. The van der Waals surface area contributed by atoms with Crippen molar-refractivity contribution < 1.29 is 8.42 Å². The van der Waals surface area contributed by atoms with Crippen molar-refractivity contribution in [1.29, 1.82) is 0 Å². The molecule has 1 heterocycles. The Morgan fingerprint density at radius 3 is 2.67 bits per heavy atom. The van der Waals surface area contributed by atoms with Gasteiger partial charge < -0.3 is 10.2 Å². The summed E-state index contributed by atoms with van der Waals surface area (Å²) < 4.78 is 23.4. The van der Waals surface area contributed by atoms with Crippen LogP contribution in [0.2, 0.25) is 0 Å². The summed E-state index contributed by atoms with van der Waals surface area (Å²) in [5, 5.41) is 3.43. The number of benzene rings is 1. The summed E-state index contributed by atoms with van der Waals surface area (Å²) >= 11 is 0. The van der Waals surface area contributed by atoms with E-state index in [4.69, 9.17) is 0 Å². The number of aryl methyl sites for hydroxylation is 1. The highest BCUT2D eigenvalue weighted by Gasteiger charge is 2.19. The Balaban J connectivity index is 2.09. The SMILES string of the molecule is Cc1cc(N2CCCS(=O)(=O)CC2)ccc1CNC(C)C. The van der Waals surface area contributed by atoms with Gasteiger partial charge in [-0.05, 0) is 36.6 Å². The van der Waals surface area contributed by atoms with E-state index in [2.05, 4.69) is 49.2 Å². The molecule has 0 saturated carbocycles. The molecule has 0 amide bonds. The van der Waals surface area contributed by atoms with Crippen molar-refractivity contribution in [2.45, 2.75) is 39.8 Å². The van der Waals surface area contributed by atoms with Crippen molar-refractivity contribution in [3.63, 3.8) is 0 Å². The number of hydrogen-bond acceptors (Lipinski definition) is 4. The van der Waals surface area contributed by atoms with Gasteiger partial charge in [-0.25, -0.2) is 8.42 Å². The smallest absolute Gasteiger partial charge is 0.152 e. The van der Waals surface area contributed by atoms with Gasteiger partial charge in [0.2, 0.25) is 0 Å². The second-order valence-corrected chi connectivity index (χ2v) is 8.44. The quantitative estimate of drug-likeness (QED) is 0.925. The van der Waals surface area contributed by atoms with Crippen LogP contribution in [0.5, 0.6) is 0 Å². The molecule has 5 heteroatoms. The third kappa shape index (κ3) is 4.71. The van der Waals surface area contributed by atoms with Crippen LogP contribution < -0.4 is 10.2 Å². The van der Waals surface area contributed by atoms with E-state index in [0.717, 1.165) is 25.2 Å². The van der Waals surface area contributed by atoms with Crippen molar-refractivity contribution >= 4 is 15.5 Å². The monoisotopic (exact) mass is 310 g/mol. The predicted molar refractivity (Wildman–Crippen MR) is 88.6 cm³/mol. The van der Waals surface area contributed by atoms with Crippen LogP contribution in [0, 0.1) is 6.92 Å². The normalized spacial score (nSPS) is 18.8. The zero-order chi connectivity index (χ0) is 15.5. The van der Waals surface area contributed by atoms with Gasteiger partial charge in [0.25, 0.3) is 0 Å². The van der Waals surface area contributed by atoms with Gasteiger partial charge in [-0.15, -0.1) is 0 Å². The van der Waals surface area contributed by atoms with Crippen LogP contribution in [-0.4, -0.2) is 39.1 Å². The molecule has 1 N–H and O–H groups in total. The molecule has 118 valence electrons. The fraction of sp³-hybridized carbons (Fsp3) is 0.625. The Bertz CT molecular complexity index is 582. The molecule has 1 aromatic carbocycles. The summed E-state index contributed by atoms with van der Waals surface area (Å²) in [4.78, 5) is 2.19. The van der Waals surface area contributed by atoms with Crippen LogP contribution in [0.4, 0.5) is 5.69 Å². The Morgan fingerprint density at radius 2 is 2.00 bits per heavy atom. The van der Waals surface area contributed by atoms with Crippen LogP contribution in [0.3, 0.4) is 0 Å². The Morgan fingerprint density at radius 1 is 1.24 bits per heavy atom. The van der Waals surface area contributed by atoms with E-state index in [0.29, 0.717) is 18.3 Å². The van der Waals surface area contributed by atoms with Crippen LogP contribution in [-0.2, 0) is 16.4 Å². The third-order valence-electron chi connectivity index (χ3n) is 3.95. The molecular formula is C16H26N2O2S.